The molecule has 1 amide bonds. The van der Waals surface area contributed by atoms with Crippen molar-refractivity contribution in [2.24, 2.45) is 0 Å². The van der Waals surface area contributed by atoms with Crippen molar-refractivity contribution >= 4 is 24.4 Å². The Hall–Kier alpha value is -2.45. The van der Waals surface area contributed by atoms with E-state index in [2.05, 4.69) is 17.9 Å². The summed E-state index contributed by atoms with van der Waals surface area (Å²) in [6.45, 7) is 0. The Labute approximate surface area is 116 Å². The zero-order valence-corrected chi connectivity index (χ0v) is 10.7. The molecular weight excluding hydrogens is 260 g/mol. The minimum absolute atomic E-state index is 0.390. The summed E-state index contributed by atoms with van der Waals surface area (Å²) in [6.07, 6.45) is -0.609. The van der Waals surface area contributed by atoms with Crippen LogP contribution >= 0.6 is 12.6 Å². The van der Waals surface area contributed by atoms with E-state index < -0.39 is 6.09 Å². The minimum atomic E-state index is -0.609. The molecule has 2 aromatic rings. The van der Waals surface area contributed by atoms with Crippen molar-refractivity contribution in [3.05, 3.63) is 54.1 Å². The average molecular weight is 270 g/mol. The Bertz CT molecular complexity index is 636. The summed E-state index contributed by atoms with van der Waals surface area (Å²) in [5, 5.41) is 11.4. The molecule has 0 aliphatic heterocycles. The number of para-hydroxylation sites is 1. The van der Waals surface area contributed by atoms with Gasteiger partial charge >= 0.3 is 6.09 Å². The molecule has 0 aromatic heterocycles. The van der Waals surface area contributed by atoms with Gasteiger partial charge in [-0.1, -0.05) is 18.2 Å². The third-order valence-corrected chi connectivity index (χ3v) is 2.71. The van der Waals surface area contributed by atoms with Crippen molar-refractivity contribution in [2.75, 3.05) is 5.32 Å². The Morgan fingerprint density at radius 1 is 1.21 bits per heavy atom. The number of amides is 1. The lowest BCUT2D eigenvalue weighted by atomic mass is 10.2. The lowest BCUT2D eigenvalue weighted by molar-refractivity contribution is 0.215. The highest BCUT2D eigenvalue weighted by molar-refractivity contribution is 7.80. The molecule has 5 heteroatoms. The van der Waals surface area contributed by atoms with Gasteiger partial charge < -0.3 is 4.74 Å². The maximum Gasteiger partial charge on any atom is 0.417 e. The Morgan fingerprint density at radius 3 is 2.63 bits per heavy atom. The van der Waals surface area contributed by atoms with Gasteiger partial charge in [0.15, 0.2) is 0 Å². The van der Waals surface area contributed by atoms with Gasteiger partial charge in [-0.3, -0.25) is 5.32 Å². The molecule has 0 fully saturated rings. The van der Waals surface area contributed by atoms with Crippen LogP contribution in [0.25, 0.3) is 0 Å². The van der Waals surface area contributed by atoms with Gasteiger partial charge in [-0.05, 0) is 30.3 Å². The number of anilines is 1. The van der Waals surface area contributed by atoms with Crippen molar-refractivity contribution in [1.82, 2.24) is 0 Å². The second-order valence-electron chi connectivity index (χ2n) is 3.67. The Morgan fingerprint density at radius 2 is 1.95 bits per heavy atom. The van der Waals surface area contributed by atoms with Crippen LogP contribution in [0.2, 0.25) is 0 Å². The SMILES string of the molecule is N#Cc1cc(NC(=O)Oc2ccccc2)ccc1S. The first-order chi connectivity index (χ1) is 9.19. The van der Waals surface area contributed by atoms with Gasteiger partial charge in [0.1, 0.15) is 11.8 Å². The van der Waals surface area contributed by atoms with Crippen LogP contribution in [0.3, 0.4) is 0 Å². The summed E-state index contributed by atoms with van der Waals surface area (Å²) >= 11 is 4.13. The Kier molecular flexibility index (Phi) is 4.06. The molecule has 0 radical (unpaired) electrons. The molecule has 0 saturated carbocycles. The van der Waals surface area contributed by atoms with Crippen LogP contribution in [-0.4, -0.2) is 6.09 Å². The molecule has 0 spiro atoms. The second-order valence-corrected chi connectivity index (χ2v) is 4.15. The highest BCUT2D eigenvalue weighted by Gasteiger charge is 2.06. The van der Waals surface area contributed by atoms with Gasteiger partial charge in [0.05, 0.1) is 5.56 Å². The standard InChI is InChI=1S/C14H10N2O2S/c15-9-10-8-11(6-7-13(10)19)16-14(17)18-12-4-2-1-3-5-12/h1-8,19H,(H,16,17). The number of nitrogens with one attached hydrogen (secondary N) is 1. The van der Waals surface area contributed by atoms with E-state index in [1.54, 1.807) is 36.4 Å². The largest absolute Gasteiger partial charge is 0.417 e. The highest BCUT2D eigenvalue weighted by Crippen LogP contribution is 2.18. The average Bonchev–Trinajstić information content (AvgIpc) is 2.42. The maximum absolute atomic E-state index is 11.6. The van der Waals surface area contributed by atoms with Gasteiger partial charge in [-0.25, -0.2) is 4.79 Å². The molecule has 2 rings (SSSR count). The summed E-state index contributed by atoms with van der Waals surface area (Å²) < 4.78 is 5.07. The number of carbonyl (C=O) groups is 1. The summed E-state index contributed by atoms with van der Waals surface area (Å²) in [5.41, 5.74) is 0.871. The number of hydrogen-bond donors (Lipinski definition) is 2. The van der Waals surface area contributed by atoms with E-state index in [0.717, 1.165) is 0 Å². The lowest BCUT2D eigenvalue weighted by Gasteiger charge is -2.07. The topological polar surface area (TPSA) is 62.1 Å². The lowest BCUT2D eigenvalue weighted by Crippen LogP contribution is -2.16. The third-order valence-electron chi connectivity index (χ3n) is 2.32. The highest BCUT2D eigenvalue weighted by atomic mass is 32.1. The smallest absolute Gasteiger partial charge is 0.410 e. The summed E-state index contributed by atoms with van der Waals surface area (Å²) in [7, 11) is 0. The van der Waals surface area contributed by atoms with Crippen LogP contribution in [0.1, 0.15) is 5.56 Å². The molecule has 19 heavy (non-hydrogen) atoms. The van der Waals surface area contributed by atoms with E-state index in [-0.39, 0.29) is 0 Å². The predicted molar refractivity (Wildman–Crippen MR) is 74.5 cm³/mol. The number of benzene rings is 2. The normalized spacial score (nSPS) is 9.47. The van der Waals surface area contributed by atoms with Gasteiger partial charge in [0.2, 0.25) is 0 Å². The number of ether oxygens (including phenoxy) is 1. The van der Waals surface area contributed by atoms with Crippen LogP contribution in [0, 0.1) is 11.3 Å². The zero-order chi connectivity index (χ0) is 13.7. The van der Waals surface area contributed by atoms with Crippen molar-refractivity contribution in [3.8, 4) is 11.8 Å². The number of thiol groups is 1. The van der Waals surface area contributed by atoms with Crippen LogP contribution in [-0.2, 0) is 0 Å². The third kappa shape index (κ3) is 3.50. The van der Waals surface area contributed by atoms with E-state index in [1.807, 2.05) is 12.1 Å². The van der Waals surface area contributed by atoms with Gasteiger partial charge in [-0.15, -0.1) is 12.6 Å². The van der Waals surface area contributed by atoms with Crippen LogP contribution in [0.5, 0.6) is 5.75 Å². The number of nitrogens with zero attached hydrogens (tertiary/aromatic N) is 1. The maximum atomic E-state index is 11.6. The van der Waals surface area contributed by atoms with Crippen molar-refractivity contribution < 1.29 is 9.53 Å². The molecule has 2 aromatic carbocycles. The van der Waals surface area contributed by atoms with Gasteiger partial charge in [-0.2, -0.15) is 5.26 Å². The number of rotatable bonds is 2. The fourth-order valence-corrected chi connectivity index (χ4v) is 1.63. The molecule has 0 unspecified atom stereocenters. The Balaban J connectivity index is 2.06. The monoisotopic (exact) mass is 270 g/mol. The molecule has 0 saturated heterocycles. The summed E-state index contributed by atoms with van der Waals surface area (Å²) in [5.74, 6) is 0.450. The second kappa shape index (κ2) is 5.94. The van der Waals surface area contributed by atoms with Crippen LogP contribution in [0.15, 0.2) is 53.4 Å². The molecule has 0 bridgehead atoms. The van der Waals surface area contributed by atoms with Crippen LogP contribution < -0.4 is 10.1 Å². The van der Waals surface area contributed by atoms with Gasteiger partial charge in [0.25, 0.3) is 0 Å². The number of carbonyl (C=O) groups excluding carboxylic acids is 1. The predicted octanol–water partition coefficient (Wildman–Crippen LogP) is 3.46. The first kappa shape index (κ1) is 13.0. The van der Waals surface area contributed by atoms with Gasteiger partial charge in [0, 0.05) is 10.6 Å². The molecular formula is C14H10N2O2S. The molecule has 94 valence electrons. The first-order valence-electron chi connectivity index (χ1n) is 5.46. The fraction of sp³-hybridized carbons (Fsp3) is 0. The van der Waals surface area contributed by atoms with E-state index in [0.29, 0.717) is 21.9 Å². The molecule has 0 atom stereocenters. The number of nitriles is 1. The first-order valence-corrected chi connectivity index (χ1v) is 5.91. The van der Waals surface area contributed by atoms with E-state index >= 15 is 0 Å². The fourth-order valence-electron chi connectivity index (χ4n) is 1.44. The molecule has 4 nitrogen and oxygen atoms in total. The minimum Gasteiger partial charge on any atom is -0.410 e. The van der Waals surface area contributed by atoms with Crippen molar-refractivity contribution in [2.45, 2.75) is 4.90 Å². The molecule has 0 heterocycles. The van der Waals surface area contributed by atoms with E-state index in [1.165, 1.54) is 6.07 Å². The zero-order valence-electron chi connectivity index (χ0n) is 9.83. The number of hydrogen-bond acceptors (Lipinski definition) is 4. The van der Waals surface area contributed by atoms with Crippen molar-refractivity contribution in [3.63, 3.8) is 0 Å². The van der Waals surface area contributed by atoms with E-state index in [4.69, 9.17) is 10.00 Å². The summed E-state index contributed by atoms with van der Waals surface area (Å²) in [6, 6.07) is 15.5. The van der Waals surface area contributed by atoms with E-state index in [9.17, 15) is 4.79 Å². The molecule has 0 aliphatic rings. The summed E-state index contributed by atoms with van der Waals surface area (Å²) in [4.78, 5) is 12.2. The molecule has 0 aliphatic carbocycles. The van der Waals surface area contributed by atoms with Crippen molar-refractivity contribution in [1.29, 1.82) is 5.26 Å². The quantitative estimate of drug-likeness (QED) is 0.821. The molecule has 1 N–H and O–H groups in total. The van der Waals surface area contributed by atoms with Crippen LogP contribution in [0.4, 0.5) is 10.5 Å².